The molecule has 0 aromatic carbocycles. The van der Waals surface area contributed by atoms with Gasteiger partial charge in [0.1, 0.15) is 0 Å². The summed E-state index contributed by atoms with van der Waals surface area (Å²) in [5, 5.41) is 14.4. The summed E-state index contributed by atoms with van der Waals surface area (Å²) in [6.45, 7) is 3.54. The van der Waals surface area contributed by atoms with Crippen LogP contribution in [0, 0.1) is 13.8 Å². The second kappa shape index (κ2) is 4.47. The zero-order valence-electron chi connectivity index (χ0n) is 11.8. The lowest BCUT2D eigenvalue weighted by atomic mass is 10.1. The fraction of sp³-hybridized carbons (Fsp3) is 0.500. The van der Waals surface area contributed by atoms with Crippen LogP contribution >= 0.6 is 0 Å². The summed E-state index contributed by atoms with van der Waals surface area (Å²) < 4.78 is 7.03. The van der Waals surface area contributed by atoms with Crippen LogP contribution in [0.5, 0.6) is 5.88 Å². The highest BCUT2D eigenvalue weighted by atomic mass is 16.5. The van der Waals surface area contributed by atoms with Crippen molar-refractivity contribution < 1.29 is 14.6 Å². The quantitative estimate of drug-likeness (QED) is 0.922. The molecule has 0 bridgehead atoms. The Morgan fingerprint density at radius 3 is 2.70 bits per heavy atom. The number of ether oxygens (including phenoxy) is 1. The van der Waals surface area contributed by atoms with E-state index in [0.717, 1.165) is 27.9 Å². The Morgan fingerprint density at radius 1 is 1.40 bits per heavy atom. The minimum absolute atomic E-state index is 0.378. The zero-order valence-corrected chi connectivity index (χ0v) is 11.8. The number of hydrogen-bond donors (Lipinski definition) is 1. The molecule has 1 N–H and O–H groups in total. The summed E-state index contributed by atoms with van der Waals surface area (Å²) in [5.41, 5.74) is 3.83. The van der Waals surface area contributed by atoms with Crippen molar-refractivity contribution in [3.8, 4) is 5.88 Å². The molecule has 0 unspecified atom stereocenters. The first-order valence-corrected chi connectivity index (χ1v) is 6.67. The van der Waals surface area contributed by atoms with Crippen molar-refractivity contribution in [2.75, 3.05) is 6.61 Å². The smallest absolute Gasteiger partial charge is 0.341 e. The van der Waals surface area contributed by atoms with Crippen molar-refractivity contribution in [1.82, 2.24) is 14.8 Å². The van der Waals surface area contributed by atoms with Gasteiger partial charge in [0.2, 0.25) is 5.88 Å². The maximum atomic E-state index is 10.6. The van der Waals surface area contributed by atoms with Crippen LogP contribution in [0.1, 0.15) is 35.6 Å². The van der Waals surface area contributed by atoms with Gasteiger partial charge < -0.3 is 9.84 Å². The van der Waals surface area contributed by atoms with Gasteiger partial charge in [-0.2, -0.15) is 10.1 Å². The van der Waals surface area contributed by atoms with Gasteiger partial charge in [-0.15, -0.1) is 0 Å². The Hall–Kier alpha value is -2.11. The van der Waals surface area contributed by atoms with Crippen molar-refractivity contribution in [2.24, 2.45) is 7.05 Å². The molecule has 1 saturated carbocycles. The van der Waals surface area contributed by atoms with Crippen LogP contribution in [-0.4, -0.2) is 32.4 Å². The summed E-state index contributed by atoms with van der Waals surface area (Å²) >= 11 is 0. The molecule has 6 nitrogen and oxygen atoms in total. The molecular weight excluding hydrogens is 258 g/mol. The second-order valence-electron chi connectivity index (χ2n) is 5.33. The number of fused-ring (bicyclic) bond motifs is 1. The highest BCUT2D eigenvalue weighted by Crippen LogP contribution is 2.43. The molecule has 1 fully saturated rings. The topological polar surface area (TPSA) is 77.2 Å². The number of carboxylic acid groups (broad SMARTS) is 1. The summed E-state index contributed by atoms with van der Waals surface area (Å²) in [6, 6.07) is 0. The van der Waals surface area contributed by atoms with Crippen LogP contribution < -0.4 is 4.74 Å². The number of hydrogen-bond acceptors (Lipinski definition) is 4. The average molecular weight is 275 g/mol. The number of pyridine rings is 1. The van der Waals surface area contributed by atoms with E-state index in [-0.39, 0.29) is 6.61 Å². The van der Waals surface area contributed by atoms with Crippen molar-refractivity contribution in [2.45, 2.75) is 32.6 Å². The standard InChI is InChI=1S/C14H17N3O3/c1-7-8(2)14(20-6-10(18)19)15-13-11(7)12(9-4-5-9)16-17(13)3/h9H,4-6H2,1-3H3,(H,18,19). The predicted molar refractivity (Wildman–Crippen MR) is 73.1 cm³/mol. The lowest BCUT2D eigenvalue weighted by molar-refractivity contribution is -0.139. The maximum absolute atomic E-state index is 10.6. The number of nitrogens with zero attached hydrogens (tertiary/aromatic N) is 3. The summed E-state index contributed by atoms with van der Waals surface area (Å²) in [5.74, 6) is -0.0836. The first-order valence-electron chi connectivity index (χ1n) is 6.67. The molecule has 106 valence electrons. The molecule has 0 amide bonds. The molecular formula is C14H17N3O3. The Morgan fingerprint density at radius 2 is 2.10 bits per heavy atom. The Labute approximate surface area is 116 Å². The largest absolute Gasteiger partial charge is 0.479 e. The summed E-state index contributed by atoms with van der Waals surface area (Å²) in [7, 11) is 1.86. The number of rotatable bonds is 4. The molecule has 1 aliphatic rings. The van der Waals surface area contributed by atoms with Gasteiger partial charge in [-0.25, -0.2) is 4.79 Å². The van der Waals surface area contributed by atoms with E-state index in [9.17, 15) is 4.79 Å². The molecule has 3 rings (SSSR count). The van der Waals surface area contributed by atoms with Crippen LogP contribution in [0.25, 0.3) is 11.0 Å². The number of carboxylic acids is 1. The molecule has 2 aromatic rings. The highest BCUT2D eigenvalue weighted by molar-refractivity contribution is 5.85. The van der Waals surface area contributed by atoms with Gasteiger partial charge in [-0.3, -0.25) is 4.68 Å². The maximum Gasteiger partial charge on any atom is 0.341 e. The number of carbonyl (C=O) groups is 1. The van der Waals surface area contributed by atoms with E-state index in [0.29, 0.717) is 11.8 Å². The molecule has 1 aliphatic carbocycles. The molecule has 0 radical (unpaired) electrons. The van der Waals surface area contributed by atoms with Crippen molar-refractivity contribution in [3.05, 3.63) is 16.8 Å². The molecule has 0 spiro atoms. The second-order valence-corrected chi connectivity index (χ2v) is 5.33. The molecule has 20 heavy (non-hydrogen) atoms. The summed E-state index contributed by atoms with van der Waals surface area (Å²) in [4.78, 5) is 15.1. The Bertz CT molecular complexity index is 701. The van der Waals surface area contributed by atoms with E-state index in [1.807, 2.05) is 20.9 Å². The van der Waals surface area contributed by atoms with Gasteiger partial charge in [0.25, 0.3) is 0 Å². The first-order chi connectivity index (χ1) is 9.49. The number of aryl methyl sites for hydroxylation is 2. The Balaban J connectivity index is 2.13. The normalized spacial score (nSPS) is 14.8. The number of aliphatic carboxylic acids is 1. The molecule has 0 atom stereocenters. The van der Waals surface area contributed by atoms with E-state index in [4.69, 9.17) is 9.84 Å². The van der Waals surface area contributed by atoms with Gasteiger partial charge in [0.15, 0.2) is 12.3 Å². The fourth-order valence-electron chi connectivity index (χ4n) is 2.46. The van der Waals surface area contributed by atoms with Gasteiger partial charge >= 0.3 is 5.97 Å². The van der Waals surface area contributed by atoms with Gasteiger partial charge in [-0.1, -0.05) is 0 Å². The first kappa shape index (κ1) is 12.9. The van der Waals surface area contributed by atoms with E-state index in [1.165, 1.54) is 12.8 Å². The zero-order chi connectivity index (χ0) is 14.4. The van der Waals surface area contributed by atoms with Gasteiger partial charge in [-0.05, 0) is 32.3 Å². The minimum atomic E-state index is -1.01. The minimum Gasteiger partial charge on any atom is -0.479 e. The van der Waals surface area contributed by atoms with E-state index < -0.39 is 5.97 Å². The highest BCUT2D eigenvalue weighted by Gasteiger charge is 2.30. The van der Waals surface area contributed by atoms with Crippen LogP contribution in [0.3, 0.4) is 0 Å². The van der Waals surface area contributed by atoms with Crippen LogP contribution in [-0.2, 0) is 11.8 Å². The van der Waals surface area contributed by atoms with Crippen molar-refractivity contribution in [3.63, 3.8) is 0 Å². The fourth-order valence-corrected chi connectivity index (χ4v) is 2.46. The van der Waals surface area contributed by atoms with Gasteiger partial charge in [0, 0.05) is 23.9 Å². The Kier molecular flexibility index (Phi) is 2.88. The average Bonchev–Trinajstić information content (AvgIpc) is 3.17. The third-order valence-electron chi connectivity index (χ3n) is 3.81. The SMILES string of the molecule is Cc1c(OCC(=O)O)nc2c(c(C3CC3)nn2C)c1C. The number of aromatic nitrogens is 3. The lowest BCUT2D eigenvalue weighted by Crippen LogP contribution is -2.11. The monoisotopic (exact) mass is 275 g/mol. The lowest BCUT2D eigenvalue weighted by Gasteiger charge is -2.10. The molecule has 0 aliphatic heterocycles. The summed E-state index contributed by atoms with van der Waals surface area (Å²) in [6.07, 6.45) is 2.36. The molecule has 2 heterocycles. The van der Waals surface area contributed by atoms with Crippen molar-refractivity contribution in [1.29, 1.82) is 0 Å². The van der Waals surface area contributed by atoms with Crippen LogP contribution in [0.15, 0.2) is 0 Å². The van der Waals surface area contributed by atoms with Crippen LogP contribution in [0.4, 0.5) is 0 Å². The van der Waals surface area contributed by atoms with E-state index in [2.05, 4.69) is 10.1 Å². The van der Waals surface area contributed by atoms with Crippen molar-refractivity contribution >= 4 is 17.0 Å². The predicted octanol–water partition coefficient (Wildman–Crippen LogP) is 1.93. The van der Waals surface area contributed by atoms with E-state index in [1.54, 1.807) is 4.68 Å². The molecule has 0 saturated heterocycles. The third kappa shape index (κ3) is 2.01. The van der Waals surface area contributed by atoms with Crippen LogP contribution in [0.2, 0.25) is 0 Å². The van der Waals surface area contributed by atoms with Gasteiger partial charge in [0.05, 0.1) is 5.69 Å². The molecule has 6 heteroatoms. The third-order valence-corrected chi connectivity index (χ3v) is 3.81. The van der Waals surface area contributed by atoms with E-state index >= 15 is 0 Å². The molecule has 2 aromatic heterocycles.